The van der Waals surface area contributed by atoms with Gasteiger partial charge < -0.3 is 5.11 Å². The van der Waals surface area contributed by atoms with Gasteiger partial charge >= 0.3 is 0 Å². The van der Waals surface area contributed by atoms with Gasteiger partial charge in [0.2, 0.25) is 0 Å². The number of nitrogens with zero attached hydrogens (tertiary/aromatic N) is 1. The Morgan fingerprint density at radius 2 is 1.76 bits per heavy atom. The molecule has 2 aromatic rings. The fourth-order valence-electron chi connectivity index (χ4n) is 2.45. The predicted molar refractivity (Wildman–Crippen MR) is 84.6 cm³/mol. The average molecular weight is 287 g/mol. The van der Waals surface area contributed by atoms with Crippen LogP contribution >= 0.6 is 0 Å². The molecule has 0 saturated carbocycles. The van der Waals surface area contributed by atoms with E-state index in [1.165, 1.54) is 6.07 Å². The van der Waals surface area contributed by atoms with Crippen LogP contribution in [0.25, 0.3) is 11.1 Å². The molecule has 0 heterocycles. The Labute approximate surface area is 125 Å². The molecule has 2 rings (SSSR count). The second kappa shape index (κ2) is 6.37. The van der Waals surface area contributed by atoms with Gasteiger partial charge in [0.05, 0.1) is 0 Å². The summed E-state index contributed by atoms with van der Waals surface area (Å²) in [6.07, 6.45) is -0.666. The average Bonchev–Trinajstić information content (AvgIpc) is 2.46. The van der Waals surface area contributed by atoms with Gasteiger partial charge in [-0.3, -0.25) is 4.90 Å². The van der Waals surface area contributed by atoms with Gasteiger partial charge in [-0.05, 0) is 60.5 Å². The van der Waals surface area contributed by atoms with Crippen molar-refractivity contribution in [2.24, 2.45) is 0 Å². The molecule has 0 aliphatic heterocycles. The topological polar surface area (TPSA) is 23.5 Å². The van der Waals surface area contributed by atoms with Crippen LogP contribution in [0.5, 0.6) is 0 Å². The largest absolute Gasteiger partial charge is 0.374 e. The molecule has 0 aliphatic rings. The molecule has 112 valence electrons. The van der Waals surface area contributed by atoms with Crippen molar-refractivity contribution in [3.05, 3.63) is 59.4 Å². The van der Waals surface area contributed by atoms with Gasteiger partial charge in [0.15, 0.2) is 0 Å². The molecule has 0 amide bonds. The molecule has 3 heteroatoms. The summed E-state index contributed by atoms with van der Waals surface area (Å²) in [6.45, 7) is 4.19. The molecular formula is C18H22FNO. The summed E-state index contributed by atoms with van der Waals surface area (Å²) in [7, 11) is 3.64. The maximum Gasteiger partial charge on any atom is 0.133 e. The lowest BCUT2D eigenvalue weighted by atomic mass is 9.91. The van der Waals surface area contributed by atoms with Crippen LogP contribution < -0.4 is 0 Å². The zero-order valence-corrected chi connectivity index (χ0v) is 13.0. The molecule has 0 fully saturated rings. The quantitative estimate of drug-likeness (QED) is 0.853. The molecule has 1 N–H and O–H groups in total. The Morgan fingerprint density at radius 1 is 1.05 bits per heavy atom. The standard InChI is InChI=1S/C18H22FNO/c1-12(2)16-9-8-15(19)11-17(16)13-6-5-7-14(10-13)18(21)20(3)4/h5-12,18,21H,1-4H3. The molecule has 0 aliphatic carbocycles. The van der Waals surface area contributed by atoms with Gasteiger partial charge in [-0.15, -0.1) is 0 Å². The number of rotatable bonds is 4. The van der Waals surface area contributed by atoms with Gasteiger partial charge in [-0.25, -0.2) is 4.39 Å². The van der Waals surface area contributed by atoms with Crippen molar-refractivity contribution in [3.63, 3.8) is 0 Å². The summed E-state index contributed by atoms with van der Waals surface area (Å²) in [5.74, 6) is 0.0657. The minimum atomic E-state index is -0.666. The lowest BCUT2D eigenvalue weighted by molar-refractivity contribution is 0.0396. The van der Waals surface area contributed by atoms with Gasteiger partial charge in [0.25, 0.3) is 0 Å². The van der Waals surface area contributed by atoms with E-state index >= 15 is 0 Å². The van der Waals surface area contributed by atoms with E-state index in [0.717, 1.165) is 22.3 Å². The Balaban J connectivity index is 2.52. The van der Waals surface area contributed by atoms with E-state index in [-0.39, 0.29) is 5.82 Å². The fourth-order valence-corrected chi connectivity index (χ4v) is 2.45. The van der Waals surface area contributed by atoms with Crippen molar-refractivity contribution in [2.45, 2.75) is 26.0 Å². The minimum absolute atomic E-state index is 0.243. The molecule has 1 atom stereocenters. The zero-order valence-electron chi connectivity index (χ0n) is 13.0. The van der Waals surface area contributed by atoms with E-state index in [2.05, 4.69) is 13.8 Å². The van der Waals surface area contributed by atoms with Crippen molar-refractivity contribution in [1.82, 2.24) is 4.90 Å². The molecule has 0 aromatic heterocycles. The Morgan fingerprint density at radius 3 is 2.38 bits per heavy atom. The van der Waals surface area contributed by atoms with Gasteiger partial charge in [-0.2, -0.15) is 0 Å². The maximum absolute atomic E-state index is 13.6. The molecule has 0 radical (unpaired) electrons. The first-order chi connectivity index (χ1) is 9.90. The van der Waals surface area contributed by atoms with Gasteiger partial charge in [0.1, 0.15) is 12.0 Å². The van der Waals surface area contributed by atoms with Crippen molar-refractivity contribution >= 4 is 0 Å². The molecule has 2 aromatic carbocycles. The molecule has 1 unspecified atom stereocenters. The van der Waals surface area contributed by atoms with E-state index < -0.39 is 6.23 Å². The third-order valence-corrected chi connectivity index (χ3v) is 3.62. The summed E-state index contributed by atoms with van der Waals surface area (Å²) in [6, 6.07) is 12.5. The van der Waals surface area contributed by atoms with E-state index in [1.54, 1.807) is 11.0 Å². The number of aliphatic hydroxyl groups is 1. The van der Waals surface area contributed by atoms with E-state index in [4.69, 9.17) is 0 Å². The Bertz CT molecular complexity index is 622. The van der Waals surface area contributed by atoms with E-state index in [1.807, 2.05) is 44.4 Å². The van der Waals surface area contributed by atoms with Crippen molar-refractivity contribution < 1.29 is 9.50 Å². The second-order valence-electron chi connectivity index (χ2n) is 5.85. The van der Waals surface area contributed by atoms with Gasteiger partial charge in [-0.1, -0.05) is 38.1 Å². The minimum Gasteiger partial charge on any atom is -0.374 e. The Hall–Kier alpha value is -1.71. The number of hydrogen-bond donors (Lipinski definition) is 1. The monoisotopic (exact) mass is 287 g/mol. The highest BCUT2D eigenvalue weighted by molar-refractivity contribution is 5.68. The van der Waals surface area contributed by atoms with E-state index in [0.29, 0.717) is 5.92 Å². The van der Waals surface area contributed by atoms with E-state index in [9.17, 15) is 9.50 Å². The molecule has 2 nitrogen and oxygen atoms in total. The lowest BCUT2D eigenvalue weighted by Gasteiger charge is -2.20. The first kappa shape index (κ1) is 15.7. The van der Waals surface area contributed by atoms with Crippen molar-refractivity contribution in [2.75, 3.05) is 14.1 Å². The molecular weight excluding hydrogens is 265 g/mol. The van der Waals surface area contributed by atoms with Crippen LogP contribution in [-0.4, -0.2) is 24.1 Å². The maximum atomic E-state index is 13.6. The van der Waals surface area contributed by atoms with Crippen LogP contribution in [0.3, 0.4) is 0 Å². The first-order valence-corrected chi connectivity index (χ1v) is 7.14. The highest BCUT2D eigenvalue weighted by Gasteiger charge is 2.13. The zero-order chi connectivity index (χ0) is 15.6. The van der Waals surface area contributed by atoms with Gasteiger partial charge in [0, 0.05) is 0 Å². The lowest BCUT2D eigenvalue weighted by Crippen LogP contribution is -2.19. The third-order valence-electron chi connectivity index (χ3n) is 3.62. The SMILES string of the molecule is CC(C)c1ccc(F)cc1-c1cccc(C(O)N(C)C)c1. The summed E-state index contributed by atoms with van der Waals surface area (Å²) >= 11 is 0. The highest BCUT2D eigenvalue weighted by atomic mass is 19.1. The molecule has 0 bridgehead atoms. The number of hydrogen-bond acceptors (Lipinski definition) is 2. The third kappa shape index (κ3) is 3.49. The molecule has 21 heavy (non-hydrogen) atoms. The van der Waals surface area contributed by atoms with Crippen molar-refractivity contribution in [3.8, 4) is 11.1 Å². The van der Waals surface area contributed by atoms with Crippen LogP contribution in [0, 0.1) is 5.82 Å². The molecule has 0 saturated heterocycles. The number of halogens is 1. The normalized spacial score (nSPS) is 13.0. The summed E-state index contributed by atoms with van der Waals surface area (Å²) in [5, 5.41) is 10.2. The van der Waals surface area contributed by atoms with Crippen LogP contribution in [0.2, 0.25) is 0 Å². The van der Waals surface area contributed by atoms with Crippen LogP contribution in [-0.2, 0) is 0 Å². The predicted octanol–water partition coefficient (Wildman–Crippen LogP) is 4.17. The number of aliphatic hydroxyl groups excluding tert-OH is 1. The van der Waals surface area contributed by atoms with Crippen LogP contribution in [0.4, 0.5) is 4.39 Å². The summed E-state index contributed by atoms with van der Waals surface area (Å²) < 4.78 is 13.6. The number of benzene rings is 2. The smallest absolute Gasteiger partial charge is 0.133 e. The Kier molecular flexibility index (Phi) is 4.76. The molecule has 0 spiro atoms. The van der Waals surface area contributed by atoms with Crippen LogP contribution in [0.15, 0.2) is 42.5 Å². The highest BCUT2D eigenvalue weighted by Crippen LogP contribution is 2.31. The fraction of sp³-hybridized carbons (Fsp3) is 0.333. The van der Waals surface area contributed by atoms with Crippen molar-refractivity contribution in [1.29, 1.82) is 0 Å². The second-order valence-corrected chi connectivity index (χ2v) is 5.85. The summed E-state index contributed by atoms with van der Waals surface area (Å²) in [4.78, 5) is 1.73. The van der Waals surface area contributed by atoms with Crippen LogP contribution in [0.1, 0.15) is 37.1 Å². The summed E-state index contributed by atoms with van der Waals surface area (Å²) in [5.41, 5.74) is 3.72. The first-order valence-electron chi connectivity index (χ1n) is 7.14.